The standard InChI is InChI=1S/C19H26N2O4/c1-11-17(18(22)24-2)8-16(25-11)9-20-19(23)21-10-14-4-12-3-13(5-14)7-15(21)6-12/h8,12-15H,3-7,9-10H2,1-2H3,(H,20,23). The molecule has 2 saturated heterocycles. The predicted octanol–water partition coefficient (Wildman–Crippen LogP) is 3.09. The first-order valence-electron chi connectivity index (χ1n) is 9.25. The lowest BCUT2D eigenvalue weighted by molar-refractivity contribution is 0.0598. The number of hydrogen-bond acceptors (Lipinski definition) is 4. The van der Waals surface area contributed by atoms with Gasteiger partial charge in [0.05, 0.1) is 13.7 Å². The fraction of sp³-hybridized carbons (Fsp3) is 0.684. The zero-order chi connectivity index (χ0) is 17.6. The van der Waals surface area contributed by atoms with Crippen LogP contribution in [0.15, 0.2) is 10.5 Å². The summed E-state index contributed by atoms with van der Waals surface area (Å²) in [4.78, 5) is 26.5. The van der Waals surface area contributed by atoms with Gasteiger partial charge in [-0.2, -0.15) is 0 Å². The fourth-order valence-corrected chi connectivity index (χ4v) is 5.24. The zero-order valence-electron chi connectivity index (χ0n) is 14.9. The van der Waals surface area contributed by atoms with Crippen LogP contribution in [0, 0.1) is 24.7 Å². The van der Waals surface area contributed by atoms with Crippen LogP contribution < -0.4 is 5.32 Å². The maximum absolute atomic E-state index is 12.8. The van der Waals surface area contributed by atoms with Gasteiger partial charge in [-0.25, -0.2) is 9.59 Å². The quantitative estimate of drug-likeness (QED) is 0.854. The SMILES string of the molecule is COC(=O)c1cc(CNC(=O)N2CC3CC4CC(C3)CC2C4)oc1C. The van der Waals surface area contributed by atoms with E-state index in [9.17, 15) is 9.59 Å². The van der Waals surface area contributed by atoms with Crippen molar-refractivity contribution in [3.8, 4) is 0 Å². The maximum atomic E-state index is 12.8. The Morgan fingerprint density at radius 1 is 1.20 bits per heavy atom. The molecule has 6 nitrogen and oxygen atoms in total. The van der Waals surface area contributed by atoms with Gasteiger partial charge in [-0.05, 0) is 62.8 Å². The largest absolute Gasteiger partial charge is 0.465 e. The molecule has 2 unspecified atom stereocenters. The molecule has 2 aliphatic carbocycles. The van der Waals surface area contributed by atoms with Gasteiger partial charge in [0, 0.05) is 12.6 Å². The normalized spacial score (nSPS) is 30.2. The molecule has 1 aromatic rings. The van der Waals surface area contributed by atoms with E-state index < -0.39 is 5.97 Å². The molecule has 1 aromatic heterocycles. The molecule has 1 N–H and O–H groups in total. The Balaban J connectivity index is 1.40. The number of methoxy groups -OCH3 is 1. The van der Waals surface area contributed by atoms with Crippen LogP contribution in [0.3, 0.4) is 0 Å². The van der Waals surface area contributed by atoms with Gasteiger partial charge in [0.15, 0.2) is 0 Å². The van der Waals surface area contributed by atoms with Crippen LogP contribution in [0.25, 0.3) is 0 Å². The van der Waals surface area contributed by atoms with Crippen LogP contribution in [-0.4, -0.2) is 36.6 Å². The highest BCUT2D eigenvalue weighted by Crippen LogP contribution is 2.47. The number of fused-ring (bicyclic) bond motifs is 1. The van der Waals surface area contributed by atoms with Gasteiger partial charge in [0.25, 0.3) is 0 Å². The Hall–Kier alpha value is -1.98. The first kappa shape index (κ1) is 16.5. The molecule has 0 spiro atoms. The molecule has 3 heterocycles. The van der Waals surface area contributed by atoms with Gasteiger partial charge in [-0.3, -0.25) is 0 Å². The van der Waals surface area contributed by atoms with E-state index >= 15 is 0 Å². The molecule has 0 radical (unpaired) electrons. The Labute approximate surface area is 147 Å². The molecule has 2 aliphatic heterocycles. The third-order valence-electron chi connectivity index (χ3n) is 6.16. The Kier molecular flexibility index (Phi) is 4.21. The lowest BCUT2D eigenvalue weighted by atomic mass is 9.68. The molecule has 2 atom stereocenters. The number of hydrogen-bond donors (Lipinski definition) is 1. The van der Waals surface area contributed by atoms with Crippen molar-refractivity contribution in [3.63, 3.8) is 0 Å². The highest BCUT2D eigenvalue weighted by molar-refractivity contribution is 5.90. The van der Waals surface area contributed by atoms with Gasteiger partial charge >= 0.3 is 12.0 Å². The van der Waals surface area contributed by atoms with Crippen molar-refractivity contribution >= 4 is 12.0 Å². The predicted molar refractivity (Wildman–Crippen MR) is 91.1 cm³/mol. The lowest BCUT2D eigenvalue weighted by Gasteiger charge is -2.38. The van der Waals surface area contributed by atoms with Crippen molar-refractivity contribution in [3.05, 3.63) is 23.2 Å². The van der Waals surface area contributed by atoms with Crippen LogP contribution in [0.4, 0.5) is 4.79 Å². The summed E-state index contributed by atoms with van der Waals surface area (Å²) in [5.74, 6) is 2.97. The molecule has 4 bridgehead atoms. The minimum Gasteiger partial charge on any atom is -0.465 e. The number of urea groups is 1. The van der Waals surface area contributed by atoms with E-state index in [1.807, 2.05) is 0 Å². The summed E-state index contributed by atoms with van der Waals surface area (Å²) in [6.45, 7) is 2.90. The van der Waals surface area contributed by atoms with Gasteiger partial charge < -0.3 is 19.4 Å². The summed E-state index contributed by atoms with van der Waals surface area (Å²) in [5, 5.41) is 2.98. The number of ether oxygens (including phenoxy) is 1. The number of aryl methyl sites for hydroxylation is 1. The summed E-state index contributed by atoms with van der Waals surface area (Å²) < 4.78 is 10.3. The highest BCUT2D eigenvalue weighted by Gasteiger charge is 2.44. The molecule has 6 heteroatoms. The zero-order valence-corrected chi connectivity index (χ0v) is 14.9. The summed E-state index contributed by atoms with van der Waals surface area (Å²) in [7, 11) is 1.35. The number of nitrogens with zero attached hydrogens (tertiary/aromatic N) is 1. The van der Waals surface area contributed by atoms with Crippen LogP contribution in [0.2, 0.25) is 0 Å². The number of nitrogens with one attached hydrogen (secondary N) is 1. The van der Waals surface area contributed by atoms with Gasteiger partial charge in [0.1, 0.15) is 17.1 Å². The molecule has 2 amide bonds. The van der Waals surface area contributed by atoms with Crippen molar-refractivity contribution < 1.29 is 18.7 Å². The minimum absolute atomic E-state index is 0.00753. The van der Waals surface area contributed by atoms with Gasteiger partial charge in [-0.15, -0.1) is 0 Å². The van der Waals surface area contributed by atoms with Gasteiger partial charge in [0.2, 0.25) is 0 Å². The van der Waals surface area contributed by atoms with Crippen LogP contribution in [-0.2, 0) is 11.3 Å². The molecule has 136 valence electrons. The van der Waals surface area contributed by atoms with Crippen LogP contribution in [0.1, 0.15) is 54.0 Å². The first-order valence-corrected chi connectivity index (χ1v) is 9.25. The van der Waals surface area contributed by atoms with Crippen molar-refractivity contribution in [1.82, 2.24) is 10.2 Å². The highest BCUT2D eigenvalue weighted by atomic mass is 16.5. The molecule has 2 saturated carbocycles. The van der Waals surface area contributed by atoms with Crippen molar-refractivity contribution in [2.45, 2.75) is 51.6 Å². The van der Waals surface area contributed by atoms with Crippen LogP contribution >= 0.6 is 0 Å². The number of carbonyl (C=O) groups excluding carboxylic acids is 2. The second kappa shape index (κ2) is 6.39. The Morgan fingerprint density at radius 3 is 2.56 bits per heavy atom. The number of rotatable bonds is 3. The molecule has 5 rings (SSSR count). The molecule has 25 heavy (non-hydrogen) atoms. The average molecular weight is 346 g/mol. The van der Waals surface area contributed by atoms with E-state index in [0.717, 1.165) is 31.2 Å². The van der Waals surface area contributed by atoms with Crippen molar-refractivity contribution in [1.29, 1.82) is 0 Å². The van der Waals surface area contributed by atoms with E-state index in [1.54, 1.807) is 13.0 Å². The third-order valence-corrected chi connectivity index (χ3v) is 6.16. The first-order chi connectivity index (χ1) is 12.0. The summed E-state index contributed by atoms with van der Waals surface area (Å²) in [5.41, 5.74) is 0.414. The fourth-order valence-electron chi connectivity index (χ4n) is 5.24. The maximum Gasteiger partial charge on any atom is 0.341 e. The molecule has 4 aliphatic rings. The molecule has 4 fully saturated rings. The number of furan rings is 1. The smallest absolute Gasteiger partial charge is 0.341 e. The number of amides is 2. The number of esters is 1. The second-order valence-corrected chi connectivity index (χ2v) is 7.92. The topological polar surface area (TPSA) is 71.8 Å². The summed E-state index contributed by atoms with van der Waals surface area (Å²) in [6.07, 6.45) is 6.26. The summed E-state index contributed by atoms with van der Waals surface area (Å²) in [6, 6.07) is 2.03. The minimum atomic E-state index is -0.417. The summed E-state index contributed by atoms with van der Waals surface area (Å²) >= 11 is 0. The van der Waals surface area contributed by atoms with E-state index in [-0.39, 0.29) is 12.6 Å². The van der Waals surface area contributed by atoms with Crippen molar-refractivity contribution in [2.24, 2.45) is 17.8 Å². The third kappa shape index (κ3) is 3.14. The van der Waals surface area contributed by atoms with E-state index in [0.29, 0.717) is 29.0 Å². The van der Waals surface area contributed by atoms with E-state index in [2.05, 4.69) is 10.2 Å². The molecular weight excluding hydrogens is 320 g/mol. The Morgan fingerprint density at radius 2 is 1.88 bits per heavy atom. The van der Waals surface area contributed by atoms with Crippen LogP contribution in [0.5, 0.6) is 0 Å². The Bertz CT molecular complexity index is 669. The van der Waals surface area contributed by atoms with Gasteiger partial charge in [-0.1, -0.05) is 0 Å². The second-order valence-electron chi connectivity index (χ2n) is 7.92. The van der Waals surface area contributed by atoms with E-state index in [1.165, 1.54) is 26.4 Å². The molecular formula is C19H26N2O4. The van der Waals surface area contributed by atoms with Crippen molar-refractivity contribution in [2.75, 3.05) is 13.7 Å². The molecule has 0 aromatic carbocycles. The van der Waals surface area contributed by atoms with E-state index in [4.69, 9.17) is 9.15 Å². The lowest BCUT2D eigenvalue weighted by Crippen LogP contribution is -2.47. The number of carbonyl (C=O) groups is 2. The average Bonchev–Trinajstić information content (AvgIpc) is 2.85. The monoisotopic (exact) mass is 346 g/mol.